The number of carbonyl (C=O) groups excluding carboxylic acids is 1. The average Bonchev–Trinajstić information content (AvgIpc) is 2.91. The fourth-order valence-electron chi connectivity index (χ4n) is 2.36. The van der Waals surface area contributed by atoms with Gasteiger partial charge in [-0.15, -0.1) is 0 Å². The summed E-state index contributed by atoms with van der Waals surface area (Å²) >= 11 is 13.9. The first kappa shape index (κ1) is 16.9. The van der Waals surface area contributed by atoms with E-state index < -0.39 is 3.67 Å². The van der Waals surface area contributed by atoms with E-state index in [4.69, 9.17) is 23.2 Å². The molecule has 116 valence electrons. The minimum absolute atomic E-state index is 0.0176. The number of rotatable bonds is 5. The van der Waals surface area contributed by atoms with Crippen LogP contribution in [0, 0.1) is 0 Å². The lowest BCUT2D eigenvalue weighted by Crippen LogP contribution is -2.45. The molecule has 0 bridgehead atoms. The van der Waals surface area contributed by atoms with Gasteiger partial charge in [0.15, 0.2) is 0 Å². The number of benzene rings is 1. The highest BCUT2D eigenvalue weighted by atomic mass is 35.5. The Morgan fingerprint density at radius 1 is 1.24 bits per heavy atom. The Hall–Kier alpha value is -0.420. The standard InChI is InChI=1S/C15H20Cl2N2OS/c1-12(2)19(13-8-4-3-5-9-13)14(20)15(16,17)21-18-10-6-7-11-18/h3-5,8-9,12H,6-7,10-11H2,1-2H3. The van der Waals surface area contributed by atoms with Gasteiger partial charge in [0.2, 0.25) is 0 Å². The van der Waals surface area contributed by atoms with Crippen LogP contribution in [0.4, 0.5) is 5.69 Å². The molecule has 0 atom stereocenters. The Morgan fingerprint density at radius 3 is 2.33 bits per heavy atom. The molecule has 0 aliphatic carbocycles. The SMILES string of the molecule is CC(C)N(C(=O)C(Cl)(Cl)SN1CCCC1)c1ccccc1. The van der Waals surface area contributed by atoms with E-state index in [1.807, 2.05) is 44.2 Å². The van der Waals surface area contributed by atoms with Crippen molar-refractivity contribution in [1.82, 2.24) is 4.31 Å². The van der Waals surface area contributed by atoms with Crippen molar-refractivity contribution in [3.05, 3.63) is 30.3 Å². The maximum absolute atomic E-state index is 12.8. The first-order valence-electron chi connectivity index (χ1n) is 7.12. The Bertz CT molecular complexity index is 476. The molecule has 1 amide bonds. The van der Waals surface area contributed by atoms with E-state index in [-0.39, 0.29) is 11.9 Å². The molecule has 0 N–H and O–H groups in total. The summed E-state index contributed by atoms with van der Waals surface area (Å²) in [6, 6.07) is 9.48. The van der Waals surface area contributed by atoms with Gasteiger partial charge in [-0.1, -0.05) is 41.4 Å². The minimum atomic E-state index is -1.50. The predicted molar refractivity (Wildman–Crippen MR) is 91.9 cm³/mol. The molecule has 1 heterocycles. The van der Waals surface area contributed by atoms with Gasteiger partial charge in [0.1, 0.15) is 0 Å². The Balaban J connectivity index is 2.17. The summed E-state index contributed by atoms with van der Waals surface area (Å²) in [6.07, 6.45) is 2.25. The molecule has 1 aromatic carbocycles. The monoisotopic (exact) mass is 346 g/mol. The summed E-state index contributed by atoms with van der Waals surface area (Å²) in [7, 11) is 0. The summed E-state index contributed by atoms with van der Waals surface area (Å²) in [4.78, 5) is 14.5. The van der Waals surface area contributed by atoms with Crippen molar-refractivity contribution >= 4 is 46.7 Å². The molecule has 2 rings (SSSR count). The molecule has 0 saturated carbocycles. The van der Waals surface area contributed by atoms with Crippen LogP contribution in [0.25, 0.3) is 0 Å². The maximum Gasteiger partial charge on any atom is 0.275 e. The number of halogens is 2. The van der Waals surface area contributed by atoms with Crippen LogP contribution in [0.1, 0.15) is 26.7 Å². The lowest BCUT2D eigenvalue weighted by atomic mass is 10.2. The van der Waals surface area contributed by atoms with Gasteiger partial charge in [-0.25, -0.2) is 4.31 Å². The molecule has 0 radical (unpaired) electrons. The third kappa shape index (κ3) is 4.28. The Morgan fingerprint density at radius 2 is 1.81 bits per heavy atom. The van der Waals surface area contributed by atoms with Crippen molar-refractivity contribution < 1.29 is 4.79 Å². The molecule has 3 nitrogen and oxygen atoms in total. The number of amides is 1. The molecule has 21 heavy (non-hydrogen) atoms. The number of hydrogen-bond donors (Lipinski definition) is 0. The van der Waals surface area contributed by atoms with E-state index in [0.29, 0.717) is 0 Å². The minimum Gasteiger partial charge on any atom is -0.307 e. The van der Waals surface area contributed by atoms with Gasteiger partial charge >= 0.3 is 0 Å². The Kier molecular flexibility index (Phi) is 5.83. The smallest absolute Gasteiger partial charge is 0.275 e. The summed E-state index contributed by atoms with van der Waals surface area (Å²) in [5.41, 5.74) is 0.810. The van der Waals surface area contributed by atoms with Crippen LogP contribution in [0.15, 0.2) is 30.3 Å². The van der Waals surface area contributed by atoms with Crippen LogP contribution in [0.5, 0.6) is 0 Å². The number of para-hydroxylation sites is 1. The van der Waals surface area contributed by atoms with Crippen LogP contribution in [0.2, 0.25) is 0 Å². The molecule has 1 saturated heterocycles. The molecule has 1 aliphatic rings. The van der Waals surface area contributed by atoms with Crippen LogP contribution in [0.3, 0.4) is 0 Å². The highest BCUT2D eigenvalue weighted by Gasteiger charge is 2.42. The fourth-order valence-corrected chi connectivity index (χ4v) is 4.07. The molecule has 0 unspecified atom stereocenters. The second-order valence-electron chi connectivity index (χ2n) is 5.35. The van der Waals surface area contributed by atoms with Crippen LogP contribution >= 0.6 is 35.1 Å². The van der Waals surface area contributed by atoms with Gasteiger partial charge in [-0.2, -0.15) is 0 Å². The van der Waals surface area contributed by atoms with Crippen molar-refractivity contribution in [1.29, 1.82) is 0 Å². The summed E-state index contributed by atoms with van der Waals surface area (Å²) in [5.74, 6) is -0.288. The number of anilines is 1. The first-order chi connectivity index (χ1) is 9.92. The van der Waals surface area contributed by atoms with Gasteiger partial charge in [-0.3, -0.25) is 4.79 Å². The van der Waals surface area contributed by atoms with E-state index in [2.05, 4.69) is 4.31 Å². The molecular formula is C15H20Cl2N2OS. The summed E-state index contributed by atoms with van der Waals surface area (Å²) in [5, 5.41) is 0. The second-order valence-corrected chi connectivity index (χ2v) is 8.44. The van der Waals surface area contributed by atoms with Crippen molar-refractivity contribution in [2.24, 2.45) is 0 Å². The van der Waals surface area contributed by atoms with E-state index in [9.17, 15) is 4.79 Å². The molecule has 1 fully saturated rings. The van der Waals surface area contributed by atoms with E-state index in [0.717, 1.165) is 31.6 Å². The van der Waals surface area contributed by atoms with Crippen LogP contribution in [-0.2, 0) is 4.79 Å². The summed E-state index contributed by atoms with van der Waals surface area (Å²) < 4.78 is 0.575. The lowest BCUT2D eigenvalue weighted by molar-refractivity contribution is -0.118. The number of nitrogens with zero attached hydrogens (tertiary/aromatic N) is 2. The average molecular weight is 347 g/mol. The lowest BCUT2D eigenvalue weighted by Gasteiger charge is -2.33. The molecule has 0 spiro atoms. The van der Waals surface area contributed by atoms with Crippen LogP contribution < -0.4 is 4.90 Å². The third-order valence-corrected chi connectivity index (χ3v) is 5.09. The number of alkyl halides is 2. The van der Waals surface area contributed by atoms with Gasteiger partial charge in [0, 0.05) is 24.8 Å². The number of hydrogen-bond acceptors (Lipinski definition) is 3. The van der Waals surface area contributed by atoms with Gasteiger partial charge < -0.3 is 4.90 Å². The van der Waals surface area contributed by atoms with Crippen molar-refractivity contribution in [2.75, 3.05) is 18.0 Å². The zero-order valence-corrected chi connectivity index (χ0v) is 14.6. The first-order valence-corrected chi connectivity index (χ1v) is 8.65. The van der Waals surface area contributed by atoms with E-state index >= 15 is 0 Å². The van der Waals surface area contributed by atoms with E-state index in [1.165, 1.54) is 11.9 Å². The predicted octanol–water partition coefficient (Wildman–Crippen LogP) is 4.30. The largest absolute Gasteiger partial charge is 0.307 e. The second kappa shape index (κ2) is 7.23. The van der Waals surface area contributed by atoms with Gasteiger partial charge in [0.25, 0.3) is 9.57 Å². The maximum atomic E-state index is 12.8. The molecule has 1 aliphatic heterocycles. The zero-order chi connectivity index (χ0) is 15.5. The summed E-state index contributed by atoms with van der Waals surface area (Å²) in [6.45, 7) is 5.75. The normalized spacial score (nSPS) is 16.4. The quantitative estimate of drug-likeness (QED) is 0.586. The van der Waals surface area contributed by atoms with Crippen molar-refractivity contribution in [3.8, 4) is 0 Å². The fraction of sp³-hybridized carbons (Fsp3) is 0.533. The highest BCUT2D eigenvalue weighted by Crippen LogP contribution is 2.41. The Labute approximate surface area is 140 Å². The molecule has 0 aromatic heterocycles. The van der Waals surface area contributed by atoms with Gasteiger partial charge in [-0.05, 0) is 50.8 Å². The molecule has 1 aromatic rings. The van der Waals surface area contributed by atoms with E-state index in [1.54, 1.807) is 4.90 Å². The number of carbonyl (C=O) groups is 1. The van der Waals surface area contributed by atoms with Gasteiger partial charge in [0.05, 0.1) is 0 Å². The topological polar surface area (TPSA) is 23.6 Å². The van der Waals surface area contributed by atoms with Crippen LogP contribution in [-0.4, -0.2) is 33.0 Å². The molecular weight excluding hydrogens is 327 g/mol. The van der Waals surface area contributed by atoms with Crippen molar-refractivity contribution in [3.63, 3.8) is 0 Å². The molecule has 6 heteroatoms. The third-order valence-electron chi connectivity index (χ3n) is 3.33. The highest BCUT2D eigenvalue weighted by molar-refractivity contribution is 8.02. The van der Waals surface area contributed by atoms with Crippen molar-refractivity contribution in [2.45, 2.75) is 36.4 Å². The zero-order valence-electron chi connectivity index (χ0n) is 12.3.